The first-order valence-electron chi connectivity index (χ1n) is 10.4. The fourth-order valence-electron chi connectivity index (χ4n) is 4.02. The monoisotopic (exact) mass is 470 g/mol. The molecule has 0 N–H and O–H groups in total. The molecular formula is C23H26N4O7. The van der Waals surface area contributed by atoms with E-state index in [1.165, 1.54) is 15.5 Å². The first-order chi connectivity index (χ1) is 15.8. The van der Waals surface area contributed by atoms with Gasteiger partial charge in [0, 0.05) is 38.6 Å². The lowest BCUT2D eigenvalue weighted by molar-refractivity contribution is -0.402. The number of hydrogen-bond donors (Lipinski definition) is 0. The van der Waals surface area contributed by atoms with Gasteiger partial charge >= 0.3 is 11.9 Å². The highest BCUT2D eigenvalue weighted by Crippen LogP contribution is 2.30. The predicted molar refractivity (Wildman–Crippen MR) is 125 cm³/mol. The fraction of sp³-hybridized carbons (Fsp3) is 0.348. The van der Waals surface area contributed by atoms with Crippen LogP contribution in [-0.4, -0.2) is 59.1 Å². The average Bonchev–Trinajstić information content (AvgIpc) is 3.32. The van der Waals surface area contributed by atoms with E-state index in [9.17, 15) is 24.5 Å². The molecule has 1 aromatic carbocycles. The maximum absolute atomic E-state index is 13.1. The number of ether oxygens (including phenoxy) is 1. The van der Waals surface area contributed by atoms with E-state index in [0.29, 0.717) is 24.3 Å². The quantitative estimate of drug-likeness (QED) is 0.316. The number of nitrogens with zero attached hydrogens (tertiary/aromatic N) is 4. The molecule has 0 spiro atoms. The van der Waals surface area contributed by atoms with Gasteiger partial charge in [0.1, 0.15) is 10.5 Å². The van der Waals surface area contributed by atoms with Crippen LogP contribution in [0.2, 0.25) is 0 Å². The van der Waals surface area contributed by atoms with E-state index in [4.69, 9.17) is 9.15 Å². The molecular weight excluding hydrogens is 444 g/mol. The third kappa shape index (κ3) is 4.24. The van der Waals surface area contributed by atoms with Crippen molar-refractivity contribution in [3.63, 3.8) is 0 Å². The Morgan fingerprint density at radius 3 is 2.41 bits per heavy atom. The number of aromatic nitrogens is 1. The maximum Gasteiger partial charge on any atom is 0.433 e. The number of piperazine rings is 1. The molecule has 0 bridgehead atoms. The summed E-state index contributed by atoms with van der Waals surface area (Å²) in [6.07, 6.45) is 0. The number of nitro groups is 1. The summed E-state index contributed by atoms with van der Waals surface area (Å²) in [6, 6.07) is 9.70. The van der Waals surface area contributed by atoms with Gasteiger partial charge in [0.25, 0.3) is 11.5 Å². The number of furan rings is 1. The normalized spacial score (nSPS) is 13.5. The SMILES string of the molecule is C.CCOC(=O)c1c(N2CCN(C(=O)c3ccc([N+](=O)[O-])o3)CC2)c2ccccc2n(C)c1=O. The summed E-state index contributed by atoms with van der Waals surface area (Å²) >= 11 is 0. The summed E-state index contributed by atoms with van der Waals surface area (Å²) < 4.78 is 11.6. The molecule has 3 heterocycles. The largest absolute Gasteiger partial charge is 0.462 e. The predicted octanol–water partition coefficient (Wildman–Crippen LogP) is 2.81. The number of pyridine rings is 1. The Hall–Kier alpha value is -4.15. The van der Waals surface area contributed by atoms with Crippen molar-refractivity contribution in [1.29, 1.82) is 0 Å². The van der Waals surface area contributed by atoms with E-state index in [-0.39, 0.29) is 38.4 Å². The van der Waals surface area contributed by atoms with Crippen LogP contribution in [-0.2, 0) is 11.8 Å². The van der Waals surface area contributed by atoms with Crippen LogP contribution < -0.4 is 10.5 Å². The third-order valence-electron chi connectivity index (χ3n) is 5.62. The van der Waals surface area contributed by atoms with Crippen molar-refractivity contribution in [3.8, 4) is 0 Å². The highest BCUT2D eigenvalue weighted by molar-refractivity contribution is 6.05. The van der Waals surface area contributed by atoms with Crippen molar-refractivity contribution < 1.29 is 23.7 Å². The van der Waals surface area contributed by atoms with Gasteiger partial charge < -0.3 is 23.5 Å². The molecule has 180 valence electrons. The lowest BCUT2D eigenvalue weighted by Gasteiger charge is -2.37. The summed E-state index contributed by atoms with van der Waals surface area (Å²) in [4.78, 5) is 52.1. The van der Waals surface area contributed by atoms with Crippen LogP contribution in [0.3, 0.4) is 0 Å². The molecule has 34 heavy (non-hydrogen) atoms. The molecule has 1 aliphatic rings. The zero-order valence-corrected chi connectivity index (χ0v) is 18.1. The van der Waals surface area contributed by atoms with E-state index >= 15 is 0 Å². The molecule has 1 aliphatic heterocycles. The standard InChI is InChI=1S/C22H22N4O7.CH4/c1-3-32-22(29)18-19(14-6-4-5-7-15(14)23(2)21(18)28)24-10-12-25(13-11-24)20(27)16-8-9-17(33-16)26(30)31;/h4-9H,3,10-13H2,1-2H3;1H4. The molecule has 11 heteroatoms. The molecule has 3 aromatic rings. The first-order valence-corrected chi connectivity index (χ1v) is 10.4. The lowest BCUT2D eigenvalue weighted by Crippen LogP contribution is -2.49. The van der Waals surface area contributed by atoms with Gasteiger partial charge in [-0.1, -0.05) is 25.6 Å². The van der Waals surface area contributed by atoms with Crippen molar-refractivity contribution in [1.82, 2.24) is 9.47 Å². The van der Waals surface area contributed by atoms with E-state index in [2.05, 4.69) is 0 Å². The van der Waals surface area contributed by atoms with Gasteiger partial charge in [-0.15, -0.1) is 0 Å². The van der Waals surface area contributed by atoms with Crippen LogP contribution in [0.15, 0.2) is 45.6 Å². The van der Waals surface area contributed by atoms with Crippen molar-refractivity contribution in [2.75, 3.05) is 37.7 Å². The minimum atomic E-state index is -0.702. The molecule has 0 unspecified atom stereocenters. The second-order valence-corrected chi connectivity index (χ2v) is 7.50. The van der Waals surface area contributed by atoms with Crippen molar-refractivity contribution in [2.45, 2.75) is 14.4 Å². The van der Waals surface area contributed by atoms with E-state index < -0.39 is 28.2 Å². The van der Waals surface area contributed by atoms with Crippen LogP contribution in [0, 0.1) is 10.1 Å². The molecule has 11 nitrogen and oxygen atoms in total. The summed E-state index contributed by atoms with van der Waals surface area (Å²) in [7, 11) is 1.61. The number of fused-ring (bicyclic) bond motifs is 1. The summed E-state index contributed by atoms with van der Waals surface area (Å²) in [5.41, 5.74) is 0.655. The zero-order valence-electron chi connectivity index (χ0n) is 18.1. The number of benzene rings is 1. The number of esters is 1. The van der Waals surface area contributed by atoms with Crippen LogP contribution in [0.1, 0.15) is 35.3 Å². The van der Waals surface area contributed by atoms with Gasteiger partial charge in [-0.05, 0) is 19.1 Å². The number of anilines is 1. The highest BCUT2D eigenvalue weighted by atomic mass is 16.6. The number of amides is 1. The molecule has 1 saturated heterocycles. The molecule has 0 atom stereocenters. The molecule has 1 fully saturated rings. The number of aryl methyl sites for hydroxylation is 1. The van der Waals surface area contributed by atoms with Gasteiger partial charge in [0.05, 0.1) is 23.9 Å². The Morgan fingerprint density at radius 1 is 1.12 bits per heavy atom. The Kier molecular flexibility index (Phi) is 7.04. The van der Waals surface area contributed by atoms with E-state index in [1.807, 2.05) is 23.1 Å². The molecule has 1 amide bonds. The second kappa shape index (κ2) is 9.77. The van der Waals surface area contributed by atoms with Crippen LogP contribution >= 0.6 is 0 Å². The number of carbonyl (C=O) groups is 2. The van der Waals surface area contributed by atoms with Crippen molar-refractivity contribution >= 4 is 34.4 Å². The molecule has 0 radical (unpaired) electrons. The molecule has 2 aromatic heterocycles. The average molecular weight is 470 g/mol. The topological polar surface area (TPSA) is 128 Å². The third-order valence-corrected chi connectivity index (χ3v) is 5.62. The molecule has 0 saturated carbocycles. The van der Waals surface area contributed by atoms with E-state index in [0.717, 1.165) is 11.5 Å². The molecule has 0 aliphatic carbocycles. The number of rotatable bonds is 5. The van der Waals surface area contributed by atoms with Gasteiger partial charge in [0.15, 0.2) is 5.76 Å². The molecule has 4 rings (SSSR count). The summed E-state index contributed by atoms with van der Waals surface area (Å²) in [5.74, 6) is -1.76. The Labute approximate surface area is 195 Å². The Morgan fingerprint density at radius 2 is 1.79 bits per heavy atom. The Bertz CT molecular complexity index is 1300. The lowest BCUT2D eigenvalue weighted by atomic mass is 10.1. The van der Waals surface area contributed by atoms with Crippen molar-refractivity contribution in [3.05, 3.63) is 68.2 Å². The van der Waals surface area contributed by atoms with Gasteiger partial charge in [-0.2, -0.15) is 0 Å². The minimum absolute atomic E-state index is 0. The first kappa shape index (κ1) is 24.5. The highest BCUT2D eigenvalue weighted by Gasteiger charge is 2.31. The second-order valence-electron chi connectivity index (χ2n) is 7.50. The Balaban J connectivity index is 0.00000324. The summed E-state index contributed by atoms with van der Waals surface area (Å²) in [6.45, 7) is 3.05. The van der Waals surface area contributed by atoms with Gasteiger partial charge in [-0.3, -0.25) is 19.7 Å². The van der Waals surface area contributed by atoms with Crippen LogP contribution in [0.5, 0.6) is 0 Å². The maximum atomic E-state index is 13.1. The number of carbonyl (C=O) groups excluding carboxylic acids is 2. The zero-order chi connectivity index (χ0) is 23.7. The smallest absolute Gasteiger partial charge is 0.433 e. The van der Waals surface area contributed by atoms with Gasteiger partial charge in [0.2, 0.25) is 0 Å². The minimum Gasteiger partial charge on any atom is -0.462 e. The number of para-hydroxylation sites is 1. The van der Waals surface area contributed by atoms with Gasteiger partial charge in [-0.25, -0.2) is 4.79 Å². The van der Waals surface area contributed by atoms with E-state index in [1.54, 1.807) is 20.0 Å². The summed E-state index contributed by atoms with van der Waals surface area (Å²) in [5, 5.41) is 11.5. The van der Waals surface area contributed by atoms with Crippen molar-refractivity contribution in [2.24, 2.45) is 7.05 Å². The number of hydrogen-bond acceptors (Lipinski definition) is 8. The van der Waals surface area contributed by atoms with Crippen LogP contribution in [0.25, 0.3) is 10.9 Å². The van der Waals surface area contributed by atoms with Crippen LogP contribution in [0.4, 0.5) is 11.6 Å². The fourth-order valence-corrected chi connectivity index (χ4v) is 4.02.